The minimum atomic E-state index is -3.77. The molecule has 6 nitrogen and oxygen atoms in total. The van der Waals surface area contributed by atoms with Crippen LogP contribution in [0.5, 0.6) is 0 Å². The molecule has 106 valence electrons. The molecule has 0 aliphatic carbocycles. The van der Waals surface area contributed by atoms with Crippen LogP contribution in [0.1, 0.15) is 13.3 Å². The number of carbonyl (C=O) groups excluding carboxylic acids is 1. The molecule has 0 spiro atoms. The van der Waals surface area contributed by atoms with E-state index < -0.39 is 10.0 Å². The van der Waals surface area contributed by atoms with Gasteiger partial charge in [-0.2, -0.15) is 0 Å². The summed E-state index contributed by atoms with van der Waals surface area (Å²) in [4.78, 5) is 11.4. The third kappa shape index (κ3) is 4.81. The van der Waals surface area contributed by atoms with Crippen molar-refractivity contribution in [2.24, 2.45) is 0 Å². The Kier molecular flexibility index (Phi) is 5.77. The van der Waals surface area contributed by atoms with Crippen LogP contribution in [0.15, 0.2) is 27.6 Å². The second kappa shape index (κ2) is 6.88. The van der Waals surface area contributed by atoms with E-state index in [1.165, 1.54) is 6.07 Å². The lowest BCUT2D eigenvalue weighted by molar-refractivity contribution is -0.119. The van der Waals surface area contributed by atoms with Crippen LogP contribution < -0.4 is 15.8 Å². The summed E-state index contributed by atoms with van der Waals surface area (Å²) in [5, 5.41) is 2.58. The predicted octanol–water partition coefficient (Wildman–Crippen LogP) is 0.836. The number of hydrogen-bond donors (Lipinski definition) is 3. The fourth-order valence-electron chi connectivity index (χ4n) is 1.29. The van der Waals surface area contributed by atoms with Gasteiger partial charge in [-0.1, -0.05) is 6.92 Å². The Morgan fingerprint density at radius 2 is 2.11 bits per heavy atom. The molecule has 4 N–H and O–H groups in total. The number of halogens is 1. The molecule has 0 fully saturated rings. The number of nitrogens with one attached hydrogen (secondary N) is 2. The van der Waals surface area contributed by atoms with Crippen molar-refractivity contribution >= 4 is 37.5 Å². The van der Waals surface area contributed by atoms with E-state index >= 15 is 0 Å². The van der Waals surface area contributed by atoms with Crippen LogP contribution in [0, 0.1) is 0 Å². The third-order valence-corrected chi connectivity index (χ3v) is 4.63. The summed E-state index contributed by atoms with van der Waals surface area (Å²) in [6.45, 7) is 2.13. The lowest BCUT2D eigenvalue weighted by Crippen LogP contribution is -2.37. The number of rotatable bonds is 6. The SMILES string of the molecule is CCCNC(=O)CNS(=O)(=O)c1cc(N)ccc1Br. The van der Waals surface area contributed by atoms with Gasteiger partial charge in [0.05, 0.1) is 11.4 Å². The van der Waals surface area contributed by atoms with E-state index in [2.05, 4.69) is 26.0 Å². The van der Waals surface area contributed by atoms with Gasteiger partial charge in [-0.25, -0.2) is 13.1 Å². The van der Waals surface area contributed by atoms with Gasteiger partial charge in [0.1, 0.15) is 0 Å². The van der Waals surface area contributed by atoms with Crippen LogP contribution in [0.3, 0.4) is 0 Å². The summed E-state index contributed by atoms with van der Waals surface area (Å²) in [6.07, 6.45) is 0.791. The highest BCUT2D eigenvalue weighted by atomic mass is 79.9. The van der Waals surface area contributed by atoms with E-state index in [0.717, 1.165) is 6.42 Å². The Hall–Kier alpha value is -1.12. The zero-order valence-corrected chi connectivity index (χ0v) is 12.8. The van der Waals surface area contributed by atoms with Crippen molar-refractivity contribution in [2.45, 2.75) is 18.2 Å². The average Bonchev–Trinajstić information content (AvgIpc) is 2.36. The van der Waals surface area contributed by atoms with Crippen molar-refractivity contribution < 1.29 is 13.2 Å². The third-order valence-electron chi connectivity index (χ3n) is 2.24. The number of carbonyl (C=O) groups is 1. The summed E-state index contributed by atoms with van der Waals surface area (Å²) >= 11 is 3.14. The Morgan fingerprint density at radius 1 is 1.42 bits per heavy atom. The molecule has 0 atom stereocenters. The highest BCUT2D eigenvalue weighted by Crippen LogP contribution is 2.23. The molecule has 1 rings (SSSR count). The van der Waals surface area contributed by atoms with Crippen molar-refractivity contribution in [3.05, 3.63) is 22.7 Å². The first-order valence-corrected chi connectivity index (χ1v) is 7.96. The number of hydrogen-bond acceptors (Lipinski definition) is 4. The molecule has 0 heterocycles. The van der Waals surface area contributed by atoms with Crippen LogP contribution in [0.25, 0.3) is 0 Å². The molecule has 19 heavy (non-hydrogen) atoms. The van der Waals surface area contributed by atoms with Crippen LogP contribution in [0.4, 0.5) is 5.69 Å². The van der Waals surface area contributed by atoms with Gasteiger partial charge in [-0.05, 0) is 40.5 Å². The summed E-state index contributed by atoms with van der Waals surface area (Å²) in [5.74, 6) is -0.370. The van der Waals surface area contributed by atoms with Crippen molar-refractivity contribution in [1.29, 1.82) is 0 Å². The Bertz CT molecular complexity index is 560. The lowest BCUT2D eigenvalue weighted by atomic mass is 10.3. The molecule has 0 aliphatic heterocycles. The quantitative estimate of drug-likeness (QED) is 0.662. The molecule has 1 aromatic rings. The first-order chi connectivity index (χ1) is 8.86. The monoisotopic (exact) mass is 349 g/mol. The van der Waals surface area contributed by atoms with Gasteiger partial charge in [0.15, 0.2) is 0 Å². The van der Waals surface area contributed by atoms with Crippen molar-refractivity contribution in [3.63, 3.8) is 0 Å². The smallest absolute Gasteiger partial charge is 0.242 e. The second-order valence-corrected chi connectivity index (χ2v) is 6.45. The molecule has 0 bridgehead atoms. The standard InChI is InChI=1S/C11H16BrN3O3S/c1-2-5-14-11(16)7-15-19(17,18)10-6-8(13)3-4-9(10)12/h3-4,6,15H,2,5,7,13H2,1H3,(H,14,16). The van der Waals surface area contributed by atoms with Crippen LogP contribution in [-0.2, 0) is 14.8 Å². The topological polar surface area (TPSA) is 101 Å². The number of nitrogen functional groups attached to an aromatic ring is 1. The highest BCUT2D eigenvalue weighted by molar-refractivity contribution is 9.10. The summed E-state index contributed by atoms with van der Waals surface area (Å²) in [5.41, 5.74) is 5.89. The number of anilines is 1. The summed E-state index contributed by atoms with van der Waals surface area (Å²) < 4.78 is 26.6. The first kappa shape index (κ1) is 15.9. The molecule has 1 aromatic carbocycles. The van der Waals surface area contributed by atoms with E-state index in [0.29, 0.717) is 16.7 Å². The van der Waals surface area contributed by atoms with Gasteiger partial charge < -0.3 is 11.1 Å². The van der Waals surface area contributed by atoms with E-state index in [-0.39, 0.29) is 17.3 Å². The lowest BCUT2D eigenvalue weighted by Gasteiger charge is -2.09. The zero-order chi connectivity index (χ0) is 14.5. The van der Waals surface area contributed by atoms with E-state index in [4.69, 9.17) is 5.73 Å². The molecule has 0 saturated heterocycles. The minimum Gasteiger partial charge on any atom is -0.399 e. The number of amides is 1. The van der Waals surface area contributed by atoms with Crippen LogP contribution in [-0.4, -0.2) is 27.4 Å². The second-order valence-electron chi connectivity index (χ2n) is 3.86. The Balaban J connectivity index is 2.76. The fraction of sp³-hybridized carbons (Fsp3) is 0.364. The molecular weight excluding hydrogens is 334 g/mol. The van der Waals surface area contributed by atoms with Gasteiger partial charge in [-0.15, -0.1) is 0 Å². The van der Waals surface area contributed by atoms with E-state index in [9.17, 15) is 13.2 Å². The Morgan fingerprint density at radius 3 is 2.74 bits per heavy atom. The number of sulfonamides is 1. The summed E-state index contributed by atoms with van der Waals surface area (Å²) in [6, 6.07) is 4.45. The predicted molar refractivity (Wildman–Crippen MR) is 77.0 cm³/mol. The van der Waals surface area contributed by atoms with Crippen molar-refractivity contribution in [2.75, 3.05) is 18.8 Å². The van der Waals surface area contributed by atoms with Crippen molar-refractivity contribution in [1.82, 2.24) is 10.0 Å². The molecule has 8 heteroatoms. The largest absolute Gasteiger partial charge is 0.399 e. The fourth-order valence-corrected chi connectivity index (χ4v) is 3.27. The first-order valence-electron chi connectivity index (χ1n) is 5.68. The zero-order valence-electron chi connectivity index (χ0n) is 10.4. The maximum atomic E-state index is 12.0. The maximum Gasteiger partial charge on any atom is 0.242 e. The average molecular weight is 350 g/mol. The van der Waals surface area contributed by atoms with Gasteiger partial charge in [0.2, 0.25) is 15.9 Å². The molecule has 1 amide bonds. The van der Waals surface area contributed by atoms with Gasteiger partial charge in [-0.3, -0.25) is 4.79 Å². The Labute approximate surface area is 120 Å². The molecule has 0 saturated carbocycles. The molecule has 0 radical (unpaired) electrons. The maximum absolute atomic E-state index is 12.0. The van der Waals surface area contributed by atoms with Gasteiger partial charge in [0, 0.05) is 16.7 Å². The normalized spacial score (nSPS) is 11.3. The number of nitrogens with two attached hydrogens (primary N) is 1. The van der Waals surface area contributed by atoms with Crippen molar-refractivity contribution in [3.8, 4) is 0 Å². The molecule has 0 aromatic heterocycles. The molecule has 0 aliphatic rings. The molecule has 0 unspecified atom stereocenters. The number of benzene rings is 1. The van der Waals surface area contributed by atoms with Crippen LogP contribution in [0.2, 0.25) is 0 Å². The van der Waals surface area contributed by atoms with Gasteiger partial charge >= 0.3 is 0 Å². The highest BCUT2D eigenvalue weighted by Gasteiger charge is 2.18. The summed E-state index contributed by atoms with van der Waals surface area (Å²) in [7, 11) is -3.77. The van der Waals surface area contributed by atoms with E-state index in [1.54, 1.807) is 12.1 Å². The molecular formula is C11H16BrN3O3S. The van der Waals surface area contributed by atoms with Crippen LogP contribution >= 0.6 is 15.9 Å². The minimum absolute atomic E-state index is 0.00999. The van der Waals surface area contributed by atoms with E-state index in [1.807, 2.05) is 6.92 Å². The van der Waals surface area contributed by atoms with Gasteiger partial charge in [0.25, 0.3) is 0 Å².